The molecule has 2 rings (SSSR count). The maximum Gasteiger partial charge on any atom is 0.151 e. The molecule has 98 valence electrons. The zero-order valence-corrected chi connectivity index (χ0v) is 12.1. The first-order chi connectivity index (χ1) is 9.63. The van der Waals surface area contributed by atoms with Gasteiger partial charge in [0.15, 0.2) is 12.6 Å². The minimum Gasteiger partial charge on any atom is -0.298 e. The summed E-state index contributed by atoms with van der Waals surface area (Å²) in [5, 5.41) is 0. The summed E-state index contributed by atoms with van der Waals surface area (Å²) < 4.78 is 0. The molecule has 0 aliphatic carbocycles. The van der Waals surface area contributed by atoms with Gasteiger partial charge in [0.1, 0.15) is 0 Å². The quantitative estimate of drug-likeness (QED) is 0.507. The van der Waals surface area contributed by atoms with Crippen molar-refractivity contribution < 1.29 is 9.59 Å². The maximum absolute atomic E-state index is 10.7. The highest BCUT2D eigenvalue weighted by molar-refractivity contribution is 7.80. The van der Waals surface area contributed by atoms with Crippen molar-refractivity contribution in [1.82, 2.24) is 0 Å². The lowest BCUT2D eigenvalue weighted by Crippen LogP contribution is -1.85. The van der Waals surface area contributed by atoms with Crippen LogP contribution in [0.25, 0.3) is 0 Å². The van der Waals surface area contributed by atoms with Crippen molar-refractivity contribution in [2.75, 3.05) is 0 Å². The zero-order valence-electron chi connectivity index (χ0n) is 10.3. The van der Waals surface area contributed by atoms with Crippen LogP contribution < -0.4 is 0 Å². The molecule has 0 unspecified atom stereocenters. The van der Waals surface area contributed by atoms with Gasteiger partial charge in [0.25, 0.3) is 0 Å². The maximum atomic E-state index is 10.7. The van der Waals surface area contributed by atoms with Gasteiger partial charge in [0.05, 0.1) is 0 Å². The molecule has 0 bridgehead atoms. The Labute approximate surface area is 128 Å². The second kappa shape index (κ2) is 6.47. The Morgan fingerprint density at radius 2 is 1.15 bits per heavy atom. The van der Waals surface area contributed by atoms with E-state index in [0.717, 1.165) is 23.7 Å². The lowest BCUT2D eigenvalue weighted by molar-refractivity contribution is 0.111. The molecule has 2 aromatic rings. The third-order valence-corrected chi connectivity index (χ3v) is 3.44. The molecule has 0 fully saturated rings. The molecule has 0 aliphatic rings. The number of hydrogen-bond acceptors (Lipinski definition) is 4. The van der Waals surface area contributed by atoms with Gasteiger partial charge in [-0.25, -0.2) is 0 Å². The molecule has 2 nitrogen and oxygen atoms in total. The highest BCUT2D eigenvalue weighted by atomic mass is 32.1. The van der Waals surface area contributed by atoms with Gasteiger partial charge in [-0.05, 0) is 36.4 Å². The molecule has 20 heavy (non-hydrogen) atoms. The molecule has 0 heterocycles. The first kappa shape index (κ1) is 14.4. The lowest BCUT2D eigenvalue weighted by atomic mass is 10.1. The molecule has 0 amide bonds. The molecule has 0 aromatic heterocycles. The Morgan fingerprint density at radius 1 is 0.750 bits per heavy atom. The molecule has 0 atom stereocenters. The van der Waals surface area contributed by atoms with Gasteiger partial charge in [-0.15, -0.1) is 25.3 Å². The van der Waals surface area contributed by atoms with Gasteiger partial charge in [0, 0.05) is 32.0 Å². The molecule has 0 spiro atoms. The molecule has 0 aliphatic heterocycles. The van der Waals surface area contributed by atoms with E-state index in [1.165, 1.54) is 0 Å². The van der Waals surface area contributed by atoms with Crippen LogP contribution in [0.5, 0.6) is 0 Å². The van der Waals surface area contributed by atoms with Gasteiger partial charge in [-0.1, -0.05) is 11.8 Å². The molecule has 2 aromatic carbocycles. The standard InChI is InChI=1S/C16H10O2S2/c17-9-13-5-3-11(7-15(13)19)1-2-12-4-6-14(10-18)16(20)8-12/h3-10,19-20H. The van der Waals surface area contributed by atoms with Crippen LogP contribution in [0.15, 0.2) is 46.2 Å². The predicted octanol–water partition coefficient (Wildman–Crippen LogP) is 3.29. The minimum atomic E-state index is 0.534. The molecule has 4 heteroatoms. The van der Waals surface area contributed by atoms with Crippen molar-refractivity contribution in [1.29, 1.82) is 0 Å². The summed E-state index contributed by atoms with van der Waals surface area (Å²) in [7, 11) is 0. The van der Waals surface area contributed by atoms with E-state index in [0.29, 0.717) is 20.9 Å². The lowest BCUT2D eigenvalue weighted by Gasteiger charge is -1.98. The molecule has 0 saturated heterocycles. The van der Waals surface area contributed by atoms with E-state index >= 15 is 0 Å². The van der Waals surface area contributed by atoms with Crippen molar-refractivity contribution in [2.45, 2.75) is 9.79 Å². The van der Waals surface area contributed by atoms with Crippen LogP contribution in [0.1, 0.15) is 31.8 Å². The predicted molar refractivity (Wildman–Crippen MR) is 84.1 cm³/mol. The average Bonchev–Trinajstić information content (AvgIpc) is 2.45. The summed E-state index contributed by atoms with van der Waals surface area (Å²) in [6, 6.07) is 10.4. The van der Waals surface area contributed by atoms with E-state index in [9.17, 15) is 9.59 Å². The summed E-state index contributed by atoms with van der Waals surface area (Å²) in [4.78, 5) is 22.6. The van der Waals surface area contributed by atoms with E-state index in [2.05, 4.69) is 37.1 Å². The van der Waals surface area contributed by atoms with Crippen molar-refractivity contribution in [3.05, 3.63) is 58.7 Å². The Morgan fingerprint density at radius 3 is 1.45 bits per heavy atom. The van der Waals surface area contributed by atoms with Gasteiger partial charge < -0.3 is 0 Å². The number of aldehydes is 2. The van der Waals surface area contributed by atoms with Gasteiger partial charge >= 0.3 is 0 Å². The number of benzene rings is 2. The number of rotatable bonds is 2. The summed E-state index contributed by atoms with van der Waals surface area (Å²) >= 11 is 8.44. The van der Waals surface area contributed by atoms with E-state index in [1.54, 1.807) is 36.4 Å². The van der Waals surface area contributed by atoms with Crippen molar-refractivity contribution >= 4 is 37.8 Å². The third-order valence-electron chi connectivity index (χ3n) is 2.67. The largest absolute Gasteiger partial charge is 0.298 e. The third kappa shape index (κ3) is 3.32. The summed E-state index contributed by atoms with van der Waals surface area (Å²) in [5.41, 5.74) is 2.60. The summed E-state index contributed by atoms with van der Waals surface area (Å²) in [6.07, 6.45) is 1.51. The second-order valence-corrected chi connectivity index (χ2v) is 5.00. The molecule has 0 saturated carbocycles. The van der Waals surface area contributed by atoms with Crippen molar-refractivity contribution in [3.8, 4) is 11.8 Å². The first-order valence-corrected chi connectivity index (χ1v) is 6.62. The summed E-state index contributed by atoms with van der Waals surface area (Å²) in [5.74, 6) is 5.96. The van der Waals surface area contributed by atoms with E-state index in [-0.39, 0.29) is 0 Å². The van der Waals surface area contributed by atoms with Crippen LogP contribution in [-0.4, -0.2) is 12.6 Å². The Bertz CT molecular complexity index is 678. The molecule has 0 N–H and O–H groups in total. The normalized spacial score (nSPS) is 9.50. The Kier molecular flexibility index (Phi) is 4.67. The van der Waals surface area contributed by atoms with Crippen LogP contribution in [0.4, 0.5) is 0 Å². The number of carbonyl (C=O) groups is 2. The Hall–Kier alpha value is -1.96. The molecule has 0 radical (unpaired) electrons. The fraction of sp³-hybridized carbons (Fsp3) is 0. The smallest absolute Gasteiger partial charge is 0.151 e. The van der Waals surface area contributed by atoms with E-state index in [1.807, 2.05) is 0 Å². The van der Waals surface area contributed by atoms with Crippen LogP contribution >= 0.6 is 25.3 Å². The monoisotopic (exact) mass is 298 g/mol. The zero-order chi connectivity index (χ0) is 14.5. The number of hydrogen-bond donors (Lipinski definition) is 2. The van der Waals surface area contributed by atoms with Crippen LogP contribution in [0, 0.1) is 11.8 Å². The van der Waals surface area contributed by atoms with Crippen LogP contribution in [0.3, 0.4) is 0 Å². The van der Waals surface area contributed by atoms with E-state index in [4.69, 9.17) is 0 Å². The summed E-state index contributed by atoms with van der Waals surface area (Å²) in [6.45, 7) is 0. The van der Waals surface area contributed by atoms with Crippen molar-refractivity contribution in [2.24, 2.45) is 0 Å². The average molecular weight is 298 g/mol. The van der Waals surface area contributed by atoms with Crippen LogP contribution in [0.2, 0.25) is 0 Å². The van der Waals surface area contributed by atoms with Crippen molar-refractivity contribution in [3.63, 3.8) is 0 Å². The fourth-order valence-electron chi connectivity index (χ4n) is 1.59. The molecular weight excluding hydrogens is 288 g/mol. The number of carbonyl (C=O) groups excluding carboxylic acids is 2. The SMILES string of the molecule is O=Cc1ccc(C#Cc2ccc(C=O)c(S)c2)cc1S. The Balaban J connectivity index is 2.31. The van der Waals surface area contributed by atoms with E-state index < -0.39 is 0 Å². The van der Waals surface area contributed by atoms with Gasteiger partial charge in [-0.3, -0.25) is 9.59 Å². The minimum absolute atomic E-state index is 0.534. The van der Waals surface area contributed by atoms with Crippen LogP contribution in [-0.2, 0) is 0 Å². The first-order valence-electron chi connectivity index (χ1n) is 5.72. The molecular formula is C16H10O2S2. The highest BCUT2D eigenvalue weighted by Gasteiger charge is 1.99. The van der Waals surface area contributed by atoms with Gasteiger partial charge in [0.2, 0.25) is 0 Å². The topological polar surface area (TPSA) is 34.1 Å². The van der Waals surface area contributed by atoms with Gasteiger partial charge in [-0.2, -0.15) is 0 Å². The highest BCUT2D eigenvalue weighted by Crippen LogP contribution is 2.15. The number of thiol groups is 2. The fourth-order valence-corrected chi connectivity index (χ4v) is 2.12. The second-order valence-electron chi connectivity index (χ2n) is 4.03.